The Balaban J connectivity index is 1.73. The Labute approximate surface area is 157 Å². The standard InChI is InChI=1S/C15H14ClFN4O3S2/c1-20-14(13-3-2-8-25-13)19-21(15(20)22)7-6-18-26(23,24)10-4-5-12(17)11(16)9-10/h2-5,8-9,18H,6-7H2,1H3. The minimum atomic E-state index is -3.88. The molecule has 0 radical (unpaired) electrons. The van der Waals surface area contributed by atoms with E-state index >= 15 is 0 Å². The zero-order chi connectivity index (χ0) is 18.9. The van der Waals surface area contributed by atoms with E-state index in [-0.39, 0.29) is 28.7 Å². The third kappa shape index (κ3) is 3.73. The average molecular weight is 417 g/mol. The molecular formula is C15H14ClFN4O3S2. The fourth-order valence-corrected chi connectivity index (χ4v) is 4.30. The van der Waals surface area contributed by atoms with Gasteiger partial charge in [0.15, 0.2) is 5.82 Å². The topological polar surface area (TPSA) is 86.0 Å². The number of thiophene rings is 1. The lowest BCUT2D eigenvalue weighted by molar-refractivity contribution is 0.550. The summed E-state index contributed by atoms with van der Waals surface area (Å²) in [5.74, 6) is -0.190. The van der Waals surface area contributed by atoms with Gasteiger partial charge < -0.3 is 0 Å². The lowest BCUT2D eigenvalue weighted by Crippen LogP contribution is -2.31. The minimum absolute atomic E-state index is 0.0478. The van der Waals surface area contributed by atoms with E-state index in [2.05, 4.69) is 9.82 Å². The van der Waals surface area contributed by atoms with Gasteiger partial charge in [-0.3, -0.25) is 4.57 Å². The van der Waals surface area contributed by atoms with Crippen LogP contribution in [0.2, 0.25) is 5.02 Å². The van der Waals surface area contributed by atoms with Gasteiger partial charge in [-0.1, -0.05) is 17.7 Å². The molecule has 1 aromatic carbocycles. The largest absolute Gasteiger partial charge is 0.345 e. The van der Waals surface area contributed by atoms with Crippen LogP contribution in [-0.4, -0.2) is 29.3 Å². The Morgan fingerprint density at radius 3 is 2.77 bits per heavy atom. The molecule has 0 unspecified atom stereocenters. The van der Waals surface area contributed by atoms with Crippen LogP contribution >= 0.6 is 22.9 Å². The van der Waals surface area contributed by atoms with E-state index in [1.807, 2.05) is 17.5 Å². The molecule has 2 heterocycles. The molecule has 0 saturated heterocycles. The van der Waals surface area contributed by atoms with Gasteiger partial charge in [0.25, 0.3) is 0 Å². The molecule has 0 atom stereocenters. The summed E-state index contributed by atoms with van der Waals surface area (Å²) in [5, 5.41) is 5.83. The molecule has 3 rings (SSSR count). The summed E-state index contributed by atoms with van der Waals surface area (Å²) in [6.45, 7) is -0.00959. The van der Waals surface area contributed by atoms with Crippen LogP contribution in [0.4, 0.5) is 4.39 Å². The van der Waals surface area contributed by atoms with Crippen molar-refractivity contribution in [2.45, 2.75) is 11.4 Å². The molecule has 0 aliphatic rings. The molecule has 138 valence electrons. The van der Waals surface area contributed by atoms with E-state index in [4.69, 9.17) is 11.6 Å². The molecule has 0 bridgehead atoms. The maximum Gasteiger partial charge on any atom is 0.345 e. The van der Waals surface area contributed by atoms with Crippen LogP contribution in [-0.2, 0) is 23.6 Å². The van der Waals surface area contributed by atoms with Crippen molar-refractivity contribution in [3.05, 3.63) is 57.0 Å². The smallest absolute Gasteiger partial charge is 0.277 e. The van der Waals surface area contributed by atoms with Crippen LogP contribution in [0.5, 0.6) is 0 Å². The highest BCUT2D eigenvalue weighted by Crippen LogP contribution is 2.21. The Hall–Kier alpha value is -2.01. The fraction of sp³-hybridized carbons (Fsp3) is 0.200. The summed E-state index contributed by atoms with van der Waals surface area (Å²) >= 11 is 7.07. The van der Waals surface area contributed by atoms with Gasteiger partial charge in [-0.15, -0.1) is 16.4 Å². The van der Waals surface area contributed by atoms with Crippen LogP contribution in [0, 0.1) is 5.82 Å². The van der Waals surface area contributed by atoms with Crippen molar-refractivity contribution in [3.63, 3.8) is 0 Å². The van der Waals surface area contributed by atoms with E-state index in [0.717, 1.165) is 23.1 Å². The van der Waals surface area contributed by atoms with Crippen molar-refractivity contribution >= 4 is 33.0 Å². The van der Waals surface area contributed by atoms with Gasteiger partial charge in [0.1, 0.15) is 5.82 Å². The van der Waals surface area contributed by atoms with E-state index in [1.165, 1.54) is 20.6 Å². The SMILES string of the molecule is Cn1c(-c2cccs2)nn(CCNS(=O)(=O)c2ccc(F)c(Cl)c2)c1=O. The van der Waals surface area contributed by atoms with Gasteiger partial charge in [-0.25, -0.2) is 27.0 Å². The van der Waals surface area contributed by atoms with Crippen molar-refractivity contribution in [2.24, 2.45) is 7.05 Å². The van der Waals surface area contributed by atoms with Crippen molar-refractivity contribution in [1.29, 1.82) is 0 Å². The summed E-state index contributed by atoms with van der Waals surface area (Å²) < 4.78 is 42.6. The Morgan fingerprint density at radius 1 is 1.35 bits per heavy atom. The van der Waals surface area contributed by atoms with Gasteiger partial charge in [0.2, 0.25) is 10.0 Å². The number of halogens is 2. The van der Waals surface area contributed by atoms with E-state index in [1.54, 1.807) is 7.05 Å². The number of hydrogen-bond acceptors (Lipinski definition) is 5. The molecular weight excluding hydrogens is 403 g/mol. The van der Waals surface area contributed by atoms with Crippen LogP contribution in [0.15, 0.2) is 45.4 Å². The molecule has 0 fully saturated rings. The molecule has 3 aromatic rings. The van der Waals surface area contributed by atoms with Crippen LogP contribution in [0.1, 0.15) is 0 Å². The first-order chi connectivity index (χ1) is 12.3. The highest BCUT2D eigenvalue weighted by molar-refractivity contribution is 7.89. The molecule has 1 N–H and O–H groups in total. The molecule has 26 heavy (non-hydrogen) atoms. The van der Waals surface area contributed by atoms with Gasteiger partial charge in [-0.2, -0.15) is 0 Å². The highest BCUT2D eigenvalue weighted by atomic mass is 35.5. The number of nitrogens with zero attached hydrogens (tertiary/aromatic N) is 3. The van der Waals surface area contributed by atoms with Crippen LogP contribution < -0.4 is 10.4 Å². The maximum absolute atomic E-state index is 13.2. The minimum Gasteiger partial charge on any atom is -0.277 e. The van der Waals surface area contributed by atoms with Gasteiger partial charge in [0, 0.05) is 13.6 Å². The second kappa shape index (κ2) is 7.31. The summed E-state index contributed by atoms with van der Waals surface area (Å²) in [5.41, 5.74) is -0.350. The van der Waals surface area contributed by atoms with Crippen LogP contribution in [0.25, 0.3) is 10.7 Å². The van der Waals surface area contributed by atoms with Gasteiger partial charge >= 0.3 is 5.69 Å². The maximum atomic E-state index is 13.2. The molecule has 0 amide bonds. The predicted octanol–water partition coefficient (Wildman–Crippen LogP) is 2.08. The monoisotopic (exact) mass is 416 g/mol. The molecule has 7 nitrogen and oxygen atoms in total. The zero-order valence-corrected chi connectivity index (χ0v) is 15.9. The lowest BCUT2D eigenvalue weighted by Gasteiger charge is -2.07. The molecule has 0 spiro atoms. The van der Waals surface area contributed by atoms with E-state index in [9.17, 15) is 17.6 Å². The summed E-state index contributed by atoms with van der Waals surface area (Å²) in [6.07, 6.45) is 0. The number of aromatic nitrogens is 3. The fourth-order valence-electron chi connectivity index (χ4n) is 2.27. The number of nitrogens with one attached hydrogen (secondary N) is 1. The lowest BCUT2D eigenvalue weighted by atomic mass is 10.3. The molecule has 0 aliphatic carbocycles. The quantitative estimate of drug-likeness (QED) is 0.666. The second-order valence-corrected chi connectivity index (χ2v) is 8.46. The average Bonchev–Trinajstić information content (AvgIpc) is 3.21. The number of rotatable bonds is 6. The summed E-state index contributed by atoms with van der Waals surface area (Å²) in [7, 11) is -2.28. The van der Waals surface area contributed by atoms with E-state index < -0.39 is 15.8 Å². The number of hydrogen-bond donors (Lipinski definition) is 1. The third-order valence-corrected chi connectivity index (χ3v) is 6.21. The van der Waals surface area contributed by atoms with Crippen molar-refractivity contribution in [2.75, 3.05) is 6.54 Å². The molecule has 0 saturated carbocycles. The number of benzene rings is 1. The summed E-state index contributed by atoms with van der Waals surface area (Å²) in [6, 6.07) is 6.82. The van der Waals surface area contributed by atoms with Crippen molar-refractivity contribution in [1.82, 2.24) is 19.1 Å². The van der Waals surface area contributed by atoms with Gasteiger partial charge in [0.05, 0.1) is 21.3 Å². The Kier molecular flexibility index (Phi) is 5.28. The van der Waals surface area contributed by atoms with E-state index in [0.29, 0.717) is 5.82 Å². The second-order valence-electron chi connectivity index (χ2n) is 5.34. The van der Waals surface area contributed by atoms with Crippen molar-refractivity contribution in [3.8, 4) is 10.7 Å². The predicted molar refractivity (Wildman–Crippen MR) is 97.4 cm³/mol. The first-order valence-electron chi connectivity index (χ1n) is 7.42. The van der Waals surface area contributed by atoms with Crippen molar-refractivity contribution < 1.29 is 12.8 Å². The molecule has 11 heteroatoms. The zero-order valence-electron chi connectivity index (χ0n) is 13.5. The third-order valence-electron chi connectivity index (χ3n) is 3.60. The number of sulfonamides is 1. The van der Waals surface area contributed by atoms with Crippen LogP contribution in [0.3, 0.4) is 0 Å². The first-order valence-corrected chi connectivity index (χ1v) is 10.2. The first kappa shape index (κ1) is 18.8. The summed E-state index contributed by atoms with van der Waals surface area (Å²) in [4.78, 5) is 12.9. The molecule has 2 aromatic heterocycles. The highest BCUT2D eigenvalue weighted by Gasteiger charge is 2.17. The van der Waals surface area contributed by atoms with Gasteiger partial charge in [-0.05, 0) is 29.6 Å². The Morgan fingerprint density at radius 2 is 2.12 bits per heavy atom. The normalized spacial score (nSPS) is 11.8. The Bertz CT molecular complexity index is 1090. The molecule has 0 aliphatic heterocycles.